The highest BCUT2D eigenvalue weighted by Crippen LogP contribution is 2.30. The number of sulfonamides is 1. The van der Waals surface area contributed by atoms with Crippen molar-refractivity contribution >= 4 is 27.6 Å². The molecular formula is C18H26N2O5S. The highest BCUT2D eigenvalue weighted by atomic mass is 32.2. The molecule has 0 aromatic heterocycles. The van der Waals surface area contributed by atoms with E-state index in [-0.39, 0.29) is 5.41 Å². The first-order valence-electron chi connectivity index (χ1n) is 8.53. The number of nitrogens with one attached hydrogen (secondary N) is 1. The van der Waals surface area contributed by atoms with Gasteiger partial charge in [-0.25, -0.2) is 13.2 Å². The Balaban J connectivity index is 2.14. The standard InChI is InChI=1S/C18H26N2O5S/c1-18(2,3)9-7-14(17(22)23)19-16(21)13-5-6-15-12(11-13)8-10-20(15)26(4,24)25/h5-6,11,14H,7-10H2,1-4H3,(H,19,21)(H,22,23). The third-order valence-corrected chi connectivity index (χ3v) is 5.56. The normalized spacial score (nSPS) is 15.5. The number of amides is 1. The molecule has 1 unspecified atom stereocenters. The molecule has 1 atom stereocenters. The number of rotatable bonds is 6. The second-order valence-corrected chi connectivity index (χ2v) is 9.80. The van der Waals surface area contributed by atoms with Gasteiger partial charge in [0.2, 0.25) is 10.0 Å². The molecule has 8 heteroatoms. The van der Waals surface area contributed by atoms with Crippen LogP contribution in [0, 0.1) is 5.41 Å². The third-order valence-electron chi connectivity index (χ3n) is 4.38. The molecule has 1 amide bonds. The fourth-order valence-electron chi connectivity index (χ4n) is 2.93. The summed E-state index contributed by atoms with van der Waals surface area (Å²) in [5, 5.41) is 11.9. The van der Waals surface area contributed by atoms with Gasteiger partial charge in [0.15, 0.2) is 0 Å². The van der Waals surface area contributed by atoms with E-state index in [0.717, 1.165) is 11.8 Å². The van der Waals surface area contributed by atoms with Gasteiger partial charge in [0.05, 0.1) is 11.9 Å². The number of fused-ring (bicyclic) bond motifs is 1. The van der Waals surface area contributed by atoms with Crippen LogP contribution < -0.4 is 9.62 Å². The lowest BCUT2D eigenvalue weighted by Gasteiger charge is -2.22. The lowest BCUT2D eigenvalue weighted by molar-refractivity contribution is -0.139. The van der Waals surface area contributed by atoms with Crippen LogP contribution in [-0.4, -0.2) is 44.2 Å². The molecule has 1 heterocycles. The molecule has 1 aromatic rings. The Labute approximate surface area is 154 Å². The summed E-state index contributed by atoms with van der Waals surface area (Å²) in [5.41, 5.74) is 1.65. The summed E-state index contributed by atoms with van der Waals surface area (Å²) in [6.07, 6.45) is 2.68. The van der Waals surface area contributed by atoms with E-state index in [1.807, 2.05) is 20.8 Å². The van der Waals surface area contributed by atoms with Gasteiger partial charge < -0.3 is 10.4 Å². The highest BCUT2D eigenvalue weighted by molar-refractivity contribution is 7.92. The summed E-state index contributed by atoms with van der Waals surface area (Å²) < 4.78 is 24.9. The van der Waals surface area contributed by atoms with Crippen LogP contribution in [0.3, 0.4) is 0 Å². The SMILES string of the molecule is CC(C)(C)CCC(NC(=O)c1ccc2c(c1)CCN2S(C)(=O)=O)C(=O)O. The molecule has 0 fully saturated rings. The summed E-state index contributed by atoms with van der Waals surface area (Å²) in [6.45, 7) is 6.40. The molecular weight excluding hydrogens is 356 g/mol. The maximum atomic E-state index is 12.5. The van der Waals surface area contributed by atoms with Gasteiger partial charge in [0, 0.05) is 12.1 Å². The Morgan fingerprint density at radius 1 is 1.31 bits per heavy atom. The number of aliphatic carboxylic acids is 1. The van der Waals surface area contributed by atoms with Crippen molar-refractivity contribution < 1.29 is 23.1 Å². The van der Waals surface area contributed by atoms with E-state index < -0.39 is 27.9 Å². The van der Waals surface area contributed by atoms with Gasteiger partial charge >= 0.3 is 5.97 Å². The molecule has 26 heavy (non-hydrogen) atoms. The van der Waals surface area contributed by atoms with Crippen molar-refractivity contribution in [2.24, 2.45) is 5.41 Å². The fraction of sp³-hybridized carbons (Fsp3) is 0.556. The lowest BCUT2D eigenvalue weighted by atomic mass is 9.88. The van der Waals surface area contributed by atoms with Crippen molar-refractivity contribution in [1.29, 1.82) is 0 Å². The topological polar surface area (TPSA) is 104 Å². The first-order chi connectivity index (χ1) is 11.9. The molecule has 0 radical (unpaired) electrons. The number of hydrogen-bond acceptors (Lipinski definition) is 4. The van der Waals surface area contributed by atoms with Crippen LogP contribution >= 0.6 is 0 Å². The molecule has 0 bridgehead atoms. The second-order valence-electron chi connectivity index (χ2n) is 7.89. The van der Waals surface area contributed by atoms with Crippen molar-refractivity contribution in [1.82, 2.24) is 5.32 Å². The average molecular weight is 382 g/mol. The number of hydrogen-bond donors (Lipinski definition) is 2. The monoisotopic (exact) mass is 382 g/mol. The minimum absolute atomic E-state index is 0.0267. The molecule has 2 rings (SSSR count). The van der Waals surface area contributed by atoms with Gasteiger partial charge in [-0.3, -0.25) is 9.10 Å². The summed E-state index contributed by atoms with van der Waals surface area (Å²) in [4.78, 5) is 23.9. The Morgan fingerprint density at radius 3 is 2.50 bits per heavy atom. The molecule has 0 saturated carbocycles. The molecule has 7 nitrogen and oxygen atoms in total. The maximum Gasteiger partial charge on any atom is 0.326 e. The predicted octanol–water partition coefficient (Wildman–Crippen LogP) is 2.02. The summed E-state index contributed by atoms with van der Waals surface area (Å²) in [5.74, 6) is -1.53. The summed E-state index contributed by atoms with van der Waals surface area (Å²) in [6, 6.07) is 3.81. The van der Waals surface area contributed by atoms with E-state index in [1.54, 1.807) is 12.1 Å². The van der Waals surface area contributed by atoms with Crippen LogP contribution in [0.15, 0.2) is 18.2 Å². The van der Waals surface area contributed by atoms with Gasteiger partial charge in [0.1, 0.15) is 6.04 Å². The van der Waals surface area contributed by atoms with E-state index in [1.165, 1.54) is 10.4 Å². The fourth-order valence-corrected chi connectivity index (χ4v) is 3.89. The Bertz CT molecular complexity index is 811. The lowest BCUT2D eigenvalue weighted by Crippen LogP contribution is -2.41. The van der Waals surface area contributed by atoms with Crippen LogP contribution in [-0.2, 0) is 21.2 Å². The summed E-state index contributed by atoms with van der Waals surface area (Å²) in [7, 11) is -3.35. The van der Waals surface area contributed by atoms with Crippen LogP contribution in [0.1, 0.15) is 49.5 Å². The van der Waals surface area contributed by atoms with E-state index in [0.29, 0.717) is 37.1 Å². The van der Waals surface area contributed by atoms with Crippen LogP contribution in [0.2, 0.25) is 0 Å². The zero-order valence-electron chi connectivity index (χ0n) is 15.6. The van der Waals surface area contributed by atoms with Crippen LogP contribution in [0.25, 0.3) is 0 Å². The van der Waals surface area contributed by atoms with Gasteiger partial charge in [-0.2, -0.15) is 0 Å². The number of anilines is 1. The van der Waals surface area contributed by atoms with Crippen LogP contribution in [0.4, 0.5) is 5.69 Å². The molecule has 0 saturated heterocycles. The third kappa shape index (κ3) is 4.97. The van der Waals surface area contributed by atoms with E-state index in [4.69, 9.17) is 0 Å². The van der Waals surface area contributed by atoms with E-state index >= 15 is 0 Å². The average Bonchev–Trinajstić information content (AvgIpc) is 2.92. The highest BCUT2D eigenvalue weighted by Gasteiger charge is 2.28. The zero-order chi connectivity index (χ0) is 19.7. The number of benzene rings is 1. The van der Waals surface area contributed by atoms with Crippen molar-refractivity contribution in [3.63, 3.8) is 0 Å². The molecule has 1 aliphatic heterocycles. The number of carbonyl (C=O) groups excluding carboxylic acids is 1. The molecule has 0 aliphatic carbocycles. The van der Waals surface area contributed by atoms with Crippen molar-refractivity contribution in [2.45, 2.75) is 46.1 Å². The van der Waals surface area contributed by atoms with Crippen molar-refractivity contribution in [3.8, 4) is 0 Å². The van der Waals surface area contributed by atoms with Crippen LogP contribution in [0.5, 0.6) is 0 Å². The van der Waals surface area contributed by atoms with Gasteiger partial charge in [-0.15, -0.1) is 0 Å². The smallest absolute Gasteiger partial charge is 0.326 e. The minimum Gasteiger partial charge on any atom is -0.480 e. The van der Waals surface area contributed by atoms with Crippen molar-refractivity contribution in [2.75, 3.05) is 17.1 Å². The Kier molecular flexibility index (Phi) is 5.65. The van der Waals surface area contributed by atoms with E-state index in [2.05, 4.69) is 5.32 Å². The minimum atomic E-state index is -3.35. The maximum absolute atomic E-state index is 12.5. The van der Waals surface area contributed by atoms with E-state index in [9.17, 15) is 23.1 Å². The molecule has 1 aromatic carbocycles. The molecule has 0 spiro atoms. The zero-order valence-corrected chi connectivity index (χ0v) is 16.4. The molecule has 2 N–H and O–H groups in total. The molecule has 1 aliphatic rings. The number of carbonyl (C=O) groups is 2. The quantitative estimate of drug-likeness (QED) is 0.783. The Morgan fingerprint density at radius 2 is 1.96 bits per heavy atom. The number of nitrogens with zero attached hydrogens (tertiary/aromatic N) is 1. The predicted molar refractivity (Wildman–Crippen MR) is 99.9 cm³/mol. The van der Waals surface area contributed by atoms with Gasteiger partial charge in [-0.05, 0) is 48.4 Å². The van der Waals surface area contributed by atoms with Crippen molar-refractivity contribution in [3.05, 3.63) is 29.3 Å². The number of carboxylic acid groups (broad SMARTS) is 1. The van der Waals surface area contributed by atoms with Gasteiger partial charge in [0.25, 0.3) is 5.91 Å². The van der Waals surface area contributed by atoms with Gasteiger partial charge in [-0.1, -0.05) is 20.8 Å². The second kappa shape index (κ2) is 7.26. The Hall–Kier alpha value is -2.09. The first-order valence-corrected chi connectivity index (χ1v) is 10.4. The largest absolute Gasteiger partial charge is 0.480 e. The first kappa shape index (κ1) is 20.2. The summed E-state index contributed by atoms with van der Waals surface area (Å²) >= 11 is 0. The molecule has 144 valence electrons. The number of carboxylic acids is 1.